The monoisotopic (exact) mass is 377 g/mol. The summed E-state index contributed by atoms with van der Waals surface area (Å²) in [4.78, 5) is 17.6. The van der Waals surface area contributed by atoms with Gasteiger partial charge in [0.05, 0.1) is 16.8 Å². The SMILES string of the molecule is CNCCCNC(=O)c1cc(-c2ccc3c(c2)OCCO3)nc2ccccc12. The van der Waals surface area contributed by atoms with Gasteiger partial charge in [0.2, 0.25) is 0 Å². The Morgan fingerprint density at radius 1 is 1.04 bits per heavy atom. The third-order valence-corrected chi connectivity index (χ3v) is 4.69. The number of hydrogen-bond donors (Lipinski definition) is 2. The first-order valence-corrected chi connectivity index (χ1v) is 9.49. The highest BCUT2D eigenvalue weighted by Crippen LogP contribution is 2.35. The minimum atomic E-state index is -0.0894. The number of aromatic nitrogens is 1. The van der Waals surface area contributed by atoms with Crippen LogP contribution in [0.1, 0.15) is 16.8 Å². The fraction of sp³-hybridized carbons (Fsp3) is 0.273. The van der Waals surface area contributed by atoms with Crippen molar-refractivity contribution in [3.63, 3.8) is 0 Å². The van der Waals surface area contributed by atoms with Gasteiger partial charge >= 0.3 is 0 Å². The zero-order valence-corrected chi connectivity index (χ0v) is 15.8. The first-order chi connectivity index (χ1) is 13.8. The molecule has 0 aliphatic carbocycles. The largest absolute Gasteiger partial charge is 0.486 e. The standard InChI is InChI=1S/C22H23N3O3/c1-23-9-4-10-24-22(26)17-14-19(25-18-6-3-2-5-16(17)18)15-7-8-20-21(13-15)28-12-11-27-20/h2-3,5-8,13-14,23H,4,9-12H2,1H3,(H,24,26). The molecule has 0 saturated heterocycles. The number of carbonyl (C=O) groups excluding carboxylic acids is 1. The number of pyridine rings is 1. The fourth-order valence-electron chi connectivity index (χ4n) is 3.28. The Hall–Kier alpha value is -3.12. The summed E-state index contributed by atoms with van der Waals surface area (Å²) in [5.41, 5.74) is 3.03. The molecule has 4 rings (SSSR count). The summed E-state index contributed by atoms with van der Waals surface area (Å²) in [7, 11) is 1.90. The summed E-state index contributed by atoms with van der Waals surface area (Å²) in [5, 5.41) is 6.93. The van der Waals surface area contributed by atoms with Crippen molar-refractivity contribution < 1.29 is 14.3 Å². The van der Waals surface area contributed by atoms with E-state index in [1.807, 2.05) is 55.6 Å². The van der Waals surface area contributed by atoms with Crippen molar-refractivity contribution in [2.24, 2.45) is 0 Å². The zero-order chi connectivity index (χ0) is 19.3. The van der Waals surface area contributed by atoms with Crippen molar-refractivity contribution in [3.05, 3.63) is 54.1 Å². The number of ether oxygens (including phenoxy) is 2. The van der Waals surface area contributed by atoms with Crippen LogP contribution in [-0.2, 0) is 0 Å². The van der Waals surface area contributed by atoms with Crippen LogP contribution in [-0.4, -0.2) is 44.2 Å². The maximum Gasteiger partial charge on any atom is 0.252 e. The highest BCUT2D eigenvalue weighted by atomic mass is 16.6. The molecule has 0 spiro atoms. The van der Waals surface area contributed by atoms with Gasteiger partial charge in [-0.05, 0) is 50.3 Å². The molecule has 6 nitrogen and oxygen atoms in total. The number of fused-ring (bicyclic) bond motifs is 2. The number of rotatable bonds is 6. The average Bonchev–Trinajstić information content (AvgIpc) is 2.75. The van der Waals surface area contributed by atoms with Gasteiger partial charge in [-0.3, -0.25) is 4.79 Å². The lowest BCUT2D eigenvalue weighted by Crippen LogP contribution is -2.26. The maximum absolute atomic E-state index is 12.8. The van der Waals surface area contributed by atoms with Crippen LogP contribution in [0, 0.1) is 0 Å². The van der Waals surface area contributed by atoms with E-state index in [9.17, 15) is 4.79 Å². The predicted octanol–water partition coefficient (Wildman–Crippen LogP) is 3.01. The molecule has 1 aliphatic rings. The van der Waals surface area contributed by atoms with Crippen molar-refractivity contribution in [1.29, 1.82) is 0 Å². The Morgan fingerprint density at radius 3 is 2.71 bits per heavy atom. The Kier molecular flexibility index (Phi) is 5.39. The Morgan fingerprint density at radius 2 is 1.86 bits per heavy atom. The fourth-order valence-corrected chi connectivity index (χ4v) is 3.28. The van der Waals surface area contributed by atoms with Crippen LogP contribution in [0.25, 0.3) is 22.2 Å². The summed E-state index contributed by atoms with van der Waals surface area (Å²) >= 11 is 0. The van der Waals surface area contributed by atoms with E-state index in [1.165, 1.54) is 0 Å². The van der Waals surface area contributed by atoms with Crippen molar-refractivity contribution in [2.45, 2.75) is 6.42 Å². The average molecular weight is 377 g/mol. The number of benzene rings is 2. The summed E-state index contributed by atoms with van der Waals surface area (Å²) in [6.45, 7) is 2.57. The molecule has 0 unspecified atom stereocenters. The Bertz CT molecular complexity index is 1000. The molecule has 28 heavy (non-hydrogen) atoms. The zero-order valence-electron chi connectivity index (χ0n) is 15.8. The minimum Gasteiger partial charge on any atom is -0.486 e. The predicted molar refractivity (Wildman–Crippen MR) is 109 cm³/mol. The van der Waals surface area contributed by atoms with Gasteiger partial charge in [-0.25, -0.2) is 4.98 Å². The van der Waals surface area contributed by atoms with Crippen LogP contribution >= 0.6 is 0 Å². The van der Waals surface area contributed by atoms with Gasteiger partial charge in [0.25, 0.3) is 5.91 Å². The molecule has 0 fully saturated rings. The lowest BCUT2D eigenvalue weighted by atomic mass is 10.0. The van der Waals surface area contributed by atoms with Crippen LogP contribution in [0.4, 0.5) is 0 Å². The van der Waals surface area contributed by atoms with E-state index in [2.05, 4.69) is 10.6 Å². The highest BCUT2D eigenvalue weighted by Gasteiger charge is 2.16. The molecule has 0 bridgehead atoms. The number of nitrogens with zero attached hydrogens (tertiary/aromatic N) is 1. The number of amides is 1. The van der Waals surface area contributed by atoms with Crippen molar-refractivity contribution in [3.8, 4) is 22.8 Å². The van der Waals surface area contributed by atoms with Gasteiger partial charge in [-0.2, -0.15) is 0 Å². The van der Waals surface area contributed by atoms with Crippen molar-refractivity contribution >= 4 is 16.8 Å². The summed E-state index contributed by atoms with van der Waals surface area (Å²) < 4.78 is 11.3. The lowest BCUT2D eigenvalue weighted by molar-refractivity contribution is 0.0955. The summed E-state index contributed by atoms with van der Waals surface area (Å²) in [5.74, 6) is 1.35. The molecule has 0 radical (unpaired) electrons. The molecule has 2 heterocycles. The molecular weight excluding hydrogens is 354 g/mol. The van der Waals surface area contributed by atoms with E-state index in [-0.39, 0.29) is 5.91 Å². The molecule has 1 aliphatic heterocycles. The molecule has 1 aromatic heterocycles. The van der Waals surface area contributed by atoms with Crippen molar-refractivity contribution in [1.82, 2.24) is 15.6 Å². The summed E-state index contributed by atoms with van der Waals surface area (Å²) in [6, 6.07) is 15.3. The number of carbonyl (C=O) groups is 1. The number of nitrogens with one attached hydrogen (secondary N) is 2. The first-order valence-electron chi connectivity index (χ1n) is 9.49. The molecular formula is C22H23N3O3. The van der Waals surface area contributed by atoms with Crippen LogP contribution in [0.2, 0.25) is 0 Å². The first kappa shape index (κ1) is 18.3. The summed E-state index contributed by atoms with van der Waals surface area (Å²) in [6.07, 6.45) is 0.875. The molecule has 6 heteroatoms. The van der Waals surface area contributed by atoms with E-state index in [0.29, 0.717) is 31.1 Å². The topological polar surface area (TPSA) is 72.5 Å². The van der Waals surface area contributed by atoms with Gasteiger partial charge in [0.1, 0.15) is 13.2 Å². The van der Waals surface area contributed by atoms with E-state index < -0.39 is 0 Å². The number of para-hydroxylation sites is 1. The van der Waals surface area contributed by atoms with Gasteiger partial charge in [-0.15, -0.1) is 0 Å². The van der Waals surface area contributed by atoms with Gasteiger partial charge < -0.3 is 20.1 Å². The van der Waals surface area contributed by atoms with E-state index in [0.717, 1.165) is 40.9 Å². The number of hydrogen-bond acceptors (Lipinski definition) is 5. The van der Waals surface area contributed by atoms with Gasteiger partial charge in [0.15, 0.2) is 11.5 Å². The molecule has 2 aromatic carbocycles. The highest BCUT2D eigenvalue weighted by molar-refractivity contribution is 6.07. The van der Waals surface area contributed by atoms with Crippen molar-refractivity contribution in [2.75, 3.05) is 33.4 Å². The third-order valence-electron chi connectivity index (χ3n) is 4.69. The Balaban J connectivity index is 1.71. The second-order valence-corrected chi connectivity index (χ2v) is 6.64. The smallest absolute Gasteiger partial charge is 0.252 e. The lowest BCUT2D eigenvalue weighted by Gasteiger charge is -2.19. The molecule has 0 saturated carbocycles. The van der Waals surface area contributed by atoms with Crippen LogP contribution in [0.5, 0.6) is 11.5 Å². The van der Waals surface area contributed by atoms with E-state index in [1.54, 1.807) is 0 Å². The molecule has 3 aromatic rings. The van der Waals surface area contributed by atoms with Crippen LogP contribution < -0.4 is 20.1 Å². The second-order valence-electron chi connectivity index (χ2n) is 6.64. The molecule has 0 atom stereocenters. The maximum atomic E-state index is 12.8. The normalized spacial score (nSPS) is 12.8. The Labute approximate surface area is 163 Å². The quantitative estimate of drug-likeness (QED) is 0.646. The van der Waals surface area contributed by atoms with E-state index >= 15 is 0 Å². The second kappa shape index (κ2) is 8.27. The van der Waals surface area contributed by atoms with Gasteiger partial charge in [0, 0.05) is 17.5 Å². The van der Waals surface area contributed by atoms with Crippen LogP contribution in [0.3, 0.4) is 0 Å². The molecule has 1 amide bonds. The molecule has 2 N–H and O–H groups in total. The molecule has 144 valence electrons. The van der Waals surface area contributed by atoms with E-state index in [4.69, 9.17) is 14.5 Å². The third kappa shape index (κ3) is 3.77. The van der Waals surface area contributed by atoms with Crippen LogP contribution in [0.15, 0.2) is 48.5 Å². The minimum absolute atomic E-state index is 0.0894. The van der Waals surface area contributed by atoms with Gasteiger partial charge in [-0.1, -0.05) is 18.2 Å².